The Labute approximate surface area is 173 Å². The molecule has 0 saturated heterocycles. The van der Waals surface area contributed by atoms with Gasteiger partial charge in [-0.2, -0.15) is 0 Å². The second-order valence-electron chi connectivity index (χ2n) is 8.77. The zero-order valence-electron chi connectivity index (χ0n) is 16.2. The molecule has 3 amide bonds. The molecule has 0 aromatic heterocycles. The van der Waals surface area contributed by atoms with Crippen molar-refractivity contribution in [2.45, 2.75) is 57.1 Å². The van der Waals surface area contributed by atoms with Crippen LogP contribution >= 0.6 is 11.6 Å². The summed E-state index contributed by atoms with van der Waals surface area (Å²) in [4.78, 5) is 35.4. The summed E-state index contributed by atoms with van der Waals surface area (Å²) >= 11 is 5.78. The van der Waals surface area contributed by atoms with Crippen molar-refractivity contribution in [1.82, 2.24) is 10.6 Å². The first-order chi connectivity index (χ1) is 13.7. The van der Waals surface area contributed by atoms with Gasteiger partial charge in [-0.3, -0.25) is 20.2 Å². The number of urea groups is 1. The van der Waals surface area contributed by atoms with Gasteiger partial charge in [0.15, 0.2) is 11.9 Å². The molecule has 1 aromatic rings. The number of rotatable bonds is 5. The predicted octanol–water partition coefficient (Wildman–Crippen LogP) is 3.81. The van der Waals surface area contributed by atoms with E-state index in [4.69, 9.17) is 16.3 Å². The van der Waals surface area contributed by atoms with Crippen LogP contribution in [0, 0.1) is 27.9 Å². The van der Waals surface area contributed by atoms with Crippen molar-refractivity contribution in [2.24, 2.45) is 17.8 Å². The van der Waals surface area contributed by atoms with E-state index in [1.807, 2.05) is 0 Å². The summed E-state index contributed by atoms with van der Waals surface area (Å²) < 4.78 is 5.43. The van der Waals surface area contributed by atoms with Crippen LogP contribution in [0.5, 0.6) is 5.75 Å². The van der Waals surface area contributed by atoms with E-state index in [1.165, 1.54) is 38.3 Å². The van der Waals surface area contributed by atoms with Gasteiger partial charge in [0, 0.05) is 16.6 Å². The number of halogens is 1. The van der Waals surface area contributed by atoms with Gasteiger partial charge in [-0.1, -0.05) is 11.6 Å². The van der Waals surface area contributed by atoms with Crippen LogP contribution in [0.1, 0.15) is 45.4 Å². The molecule has 4 aliphatic carbocycles. The van der Waals surface area contributed by atoms with Crippen LogP contribution in [0.4, 0.5) is 10.5 Å². The molecular formula is C20H24ClN3O5. The van der Waals surface area contributed by atoms with Crippen LogP contribution < -0.4 is 15.4 Å². The first kappa shape index (κ1) is 19.9. The number of nitrogens with zero attached hydrogens (tertiary/aromatic N) is 1. The molecule has 1 atom stereocenters. The van der Waals surface area contributed by atoms with Gasteiger partial charge in [0.25, 0.3) is 5.91 Å². The van der Waals surface area contributed by atoms with Gasteiger partial charge in [-0.15, -0.1) is 0 Å². The van der Waals surface area contributed by atoms with Gasteiger partial charge in [0.1, 0.15) is 0 Å². The fourth-order valence-electron chi connectivity index (χ4n) is 5.73. The number of imide groups is 1. The second-order valence-corrected chi connectivity index (χ2v) is 9.21. The summed E-state index contributed by atoms with van der Waals surface area (Å²) in [5.74, 6) is 1.28. The van der Waals surface area contributed by atoms with Gasteiger partial charge >= 0.3 is 11.7 Å². The standard InChI is InChI=1S/C20H24ClN3O5/c1-11(29-17-3-2-15(21)7-16(17)24(27)28)18(25)22-19(26)23-20-8-12-4-13(9-20)6-14(5-12)10-20/h2-3,7,11-14H,4-6,8-10H2,1H3,(H2,22,23,25,26)/t11-,12?,13?,14?,20?/m1/s1. The van der Waals surface area contributed by atoms with E-state index in [-0.39, 0.29) is 22.0 Å². The number of ether oxygens (including phenoxy) is 1. The molecule has 8 nitrogen and oxygen atoms in total. The van der Waals surface area contributed by atoms with Crippen LogP contribution in [0.2, 0.25) is 5.02 Å². The number of nitrogens with one attached hydrogen (secondary N) is 2. The van der Waals surface area contributed by atoms with E-state index >= 15 is 0 Å². The number of carbonyl (C=O) groups is 2. The fourth-order valence-corrected chi connectivity index (χ4v) is 5.89. The van der Waals surface area contributed by atoms with Crippen molar-refractivity contribution in [3.8, 4) is 5.75 Å². The molecule has 4 bridgehead atoms. The minimum Gasteiger partial charge on any atom is -0.474 e. The minimum absolute atomic E-state index is 0.0801. The van der Waals surface area contributed by atoms with Gasteiger partial charge in [-0.25, -0.2) is 4.79 Å². The molecule has 0 heterocycles. The largest absolute Gasteiger partial charge is 0.474 e. The molecule has 29 heavy (non-hydrogen) atoms. The van der Waals surface area contributed by atoms with E-state index < -0.39 is 23.0 Å². The van der Waals surface area contributed by atoms with E-state index in [2.05, 4.69) is 10.6 Å². The molecule has 1 aromatic carbocycles. The van der Waals surface area contributed by atoms with Gasteiger partial charge in [-0.05, 0) is 75.3 Å². The van der Waals surface area contributed by atoms with E-state index in [0.717, 1.165) is 25.3 Å². The highest BCUT2D eigenvalue weighted by molar-refractivity contribution is 6.30. The van der Waals surface area contributed by atoms with Crippen molar-refractivity contribution in [2.75, 3.05) is 0 Å². The number of hydrogen-bond acceptors (Lipinski definition) is 5. The summed E-state index contributed by atoms with van der Waals surface area (Å²) in [5, 5.41) is 16.7. The highest BCUT2D eigenvalue weighted by Crippen LogP contribution is 2.55. The van der Waals surface area contributed by atoms with Crippen LogP contribution in [-0.4, -0.2) is 28.5 Å². The predicted molar refractivity (Wildman–Crippen MR) is 106 cm³/mol. The summed E-state index contributed by atoms with van der Waals surface area (Å²) in [6, 6.07) is 3.40. The fraction of sp³-hybridized carbons (Fsp3) is 0.600. The van der Waals surface area contributed by atoms with E-state index in [0.29, 0.717) is 17.8 Å². The highest BCUT2D eigenvalue weighted by atomic mass is 35.5. The summed E-state index contributed by atoms with van der Waals surface area (Å²) in [7, 11) is 0. The van der Waals surface area contributed by atoms with Crippen molar-refractivity contribution >= 4 is 29.2 Å². The van der Waals surface area contributed by atoms with Crippen molar-refractivity contribution in [3.63, 3.8) is 0 Å². The van der Waals surface area contributed by atoms with E-state index in [1.54, 1.807) is 0 Å². The van der Waals surface area contributed by atoms with Gasteiger partial charge in [0.2, 0.25) is 0 Å². The number of hydrogen-bond donors (Lipinski definition) is 2. The Balaban J connectivity index is 1.36. The van der Waals surface area contributed by atoms with Crippen LogP contribution in [0.15, 0.2) is 18.2 Å². The average molecular weight is 422 g/mol. The Morgan fingerprint density at radius 2 is 1.79 bits per heavy atom. The van der Waals surface area contributed by atoms with Crippen LogP contribution in [0.25, 0.3) is 0 Å². The molecule has 0 radical (unpaired) electrons. The number of benzene rings is 1. The van der Waals surface area contributed by atoms with Gasteiger partial charge in [0.05, 0.1) is 4.92 Å². The normalized spacial score (nSPS) is 30.5. The van der Waals surface area contributed by atoms with Crippen molar-refractivity contribution < 1.29 is 19.2 Å². The molecule has 0 spiro atoms. The maximum atomic E-state index is 12.5. The lowest BCUT2D eigenvalue weighted by Gasteiger charge is -2.56. The van der Waals surface area contributed by atoms with Crippen molar-refractivity contribution in [3.05, 3.63) is 33.3 Å². The minimum atomic E-state index is -1.09. The summed E-state index contributed by atoms with van der Waals surface area (Å²) in [6.07, 6.45) is 5.61. The lowest BCUT2D eigenvalue weighted by molar-refractivity contribution is -0.386. The smallest absolute Gasteiger partial charge is 0.321 e. The Hall–Kier alpha value is -2.35. The number of amides is 3. The second kappa shape index (κ2) is 7.48. The molecule has 156 valence electrons. The number of nitro benzene ring substituents is 1. The quantitative estimate of drug-likeness (QED) is 0.554. The third-order valence-corrected chi connectivity index (χ3v) is 6.68. The molecule has 0 unspecified atom stereocenters. The molecular weight excluding hydrogens is 398 g/mol. The van der Waals surface area contributed by atoms with Gasteiger partial charge < -0.3 is 10.1 Å². The van der Waals surface area contributed by atoms with Crippen LogP contribution in [0.3, 0.4) is 0 Å². The Kier molecular flexibility index (Phi) is 5.14. The molecule has 4 aliphatic rings. The average Bonchev–Trinajstić information content (AvgIpc) is 2.61. The highest BCUT2D eigenvalue weighted by Gasteiger charge is 2.51. The SMILES string of the molecule is C[C@@H](Oc1ccc(Cl)cc1[N+](=O)[O-])C(=O)NC(=O)NC12CC3CC(CC(C3)C1)C2. The molecule has 4 fully saturated rings. The molecule has 2 N–H and O–H groups in total. The maximum Gasteiger partial charge on any atom is 0.321 e. The maximum absolute atomic E-state index is 12.5. The Morgan fingerprint density at radius 3 is 2.34 bits per heavy atom. The monoisotopic (exact) mass is 421 g/mol. The summed E-state index contributed by atoms with van der Waals surface area (Å²) in [6.45, 7) is 1.44. The molecule has 4 saturated carbocycles. The van der Waals surface area contributed by atoms with Crippen molar-refractivity contribution in [1.29, 1.82) is 0 Å². The Morgan fingerprint density at radius 1 is 1.21 bits per heavy atom. The molecule has 0 aliphatic heterocycles. The lowest BCUT2D eigenvalue weighted by Crippen LogP contribution is -2.62. The third-order valence-electron chi connectivity index (χ3n) is 6.44. The zero-order chi connectivity index (χ0) is 20.8. The topological polar surface area (TPSA) is 111 Å². The molecule has 5 rings (SSSR count). The van der Waals surface area contributed by atoms with E-state index in [9.17, 15) is 19.7 Å². The lowest BCUT2D eigenvalue weighted by atomic mass is 9.53. The van der Waals surface area contributed by atoms with Crippen LogP contribution in [-0.2, 0) is 4.79 Å². The Bertz CT molecular complexity index is 823. The zero-order valence-corrected chi connectivity index (χ0v) is 16.9. The third kappa shape index (κ3) is 4.17. The first-order valence-corrected chi connectivity index (χ1v) is 10.3. The first-order valence-electron chi connectivity index (χ1n) is 9.96. The number of nitro groups is 1. The summed E-state index contributed by atoms with van der Waals surface area (Å²) in [5.41, 5.74) is -0.548. The molecule has 9 heteroatoms. The number of carbonyl (C=O) groups excluding carboxylic acids is 2.